The molecule has 5 heteroatoms. The van der Waals surface area contributed by atoms with Gasteiger partial charge in [-0.2, -0.15) is 0 Å². The number of rotatable bonds is 10. The molecule has 0 spiro atoms. The van der Waals surface area contributed by atoms with Crippen molar-refractivity contribution in [2.24, 2.45) is 0 Å². The summed E-state index contributed by atoms with van der Waals surface area (Å²) < 4.78 is 0. The van der Waals surface area contributed by atoms with Crippen LogP contribution in [0.15, 0.2) is 53.4 Å². The number of thioether (sulfide) groups is 1. The molecule has 1 atom stereocenters. The van der Waals surface area contributed by atoms with E-state index in [-0.39, 0.29) is 11.8 Å². The van der Waals surface area contributed by atoms with Crippen LogP contribution >= 0.6 is 11.8 Å². The number of amides is 2. The monoisotopic (exact) mass is 412 g/mol. The molecule has 0 aromatic heterocycles. The van der Waals surface area contributed by atoms with Gasteiger partial charge < -0.3 is 10.2 Å². The molecule has 156 valence electrons. The van der Waals surface area contributed by atoms with Crippen LogP contribution in [0, 0.1) is 13.8 Å². The third-order valence-electron chi connectivity index (χ3n) is 4.82. The molecular formula is C24H32N2O2S. The molecule has 0 saturated heterocycles. The zero-order chi connectivity index (χ0) is 21.2. The maximum absolute atomic E-state index is 13.1. The van der Waals surface area contributed by atoms with E-state index < -0.39 is 6.04 Å². The molecule has 0 aliphatic heterocycles. The molecule has 0 heterocycles. The average Bonchev–Trinajstić information content (AvgIpc) is 2.71. The van der Waals surface area contributed by atoms with Crippen LogP contribution in [-0.2, 0) is 16.1 Å². The number of aryl methyl sites for hydroxylation is 2. The second-order valence-corrected chi connectivity index (χ2v) is 8.48. The lowest BCUT2D eigenvalue weighted by molar-refractivity contribution is -0.138. The predicted octanol–water partition coefficient (Wildman–Crippen LogP) is 4.73. The molecule has 0 radical (unpaired) electrons. The van der Waals surface area contributed by atoms with Gasteiger partial charge in [0.15, 0.2) is 0 Å². The van der Waals surface area contributed by atoms with Crippen LogP contribution in [0.1, 0.15) is 43.4 Å². The minimum atomic E-state index is -0.515. The number of benzene rings is 2. The molecule has 2 aromatic rings. The van der Waals surface area contributed by atoms with E-state index in [1.54, 1.807) is 4.90 Å². The highest BCUT2D eigenvalue weighted by molar-refractivity contribution is 8.00. The normalized spacial score (nSPS) is 11.7. The highest BCUT2D eigenvalue weighted by Crippen LogP contribution is 2.20. The van der Waals surface area contributed by atoms with Crippen LogP contribution in [0.25, 0.3) is 0 Å². The van der Waals surface area contributed by atoms with E-state index in [0.717, 1.165) is 28.9 Å². The summed E-state index contributed by atoms with van der Waals surface area (Å²) >= 11 is 1.51. The summed E-state index contributed by atoms with van der Waals surface area (Å²) in [6.45, 7) is 9.05. The first kappa shape index (κ1) is 23.0. The fourth-order valence-electron chi connectivity index (χ4n) is 2.99. The number of carbonyl (C=O) groups excluding carboxylic acids is 2. The van der Waals surface area contributed by atoms with Crippen molar-refractivity contribution in [3.63, 3.8) is 0 Å². The first-order valence-electron chi connectivity index (χ1n) is 10.2. The number of hydrogen-bond donors (Lipinski definition) is 1. The van der Waals surface area contributed by atoms with Crippen LogP contribution < -0.4 is 5.32 Å². The van der Waals surface area contributed by atoms with Crippen molar-refractivity contribution in [2.45, 2.75) is 58.0 Å². The second kappa shape index (κ2) is 11.7. The van der Waals surface area contributed by atoms with E-state index in [2.05, 4.69) is 18.3 Å². The third-order valence-corrected chi connectivity index (χ3v) is 5.81. The molecule has 1 N–H and O–H groups in total. The van der Waals surface area contributed by atoms with Crippen molar-refractivity contribution in [3.05, 3.63) is 65.2 Å². The van der Waals surface area contributed by atoms with Crippen molar-refractivity contribution in [2.75, 3.05) is 12.3 Å². The van der Waals surface area contributed by atoms with Gasteiger partial charge >= 0.3 is 0 Å². The quantitative estimate of drug-likeness (QED) is 0.453. The van der Waals surface area contributed by atoms with Crippen LogP contribution in [-0.4, -0.2) is 35.1 Å². The Hall–Kier alpha value is -2.27. The van der Waals surface area contributed by atoms with E-state index in [0.29, 0.717) is 18.8 Å². The summed E-state index contributed by atoms with van der Waals surface area (Å²) in [5, 5.41) is 2.96. The van der Waals surface area contributed by atoms with Gasteiger partial charge in [-0.1, -0.05) is 60.9 Å². The number of nitrogens with one attached hydrogen (secondary N) is 1. The molecule has 2 amide bonds. The predicted molar refractivity (Wildman–Crippen MR) is 121 cm³/mol. The van der Waals surface area contributed by atoms with E-state index >= 15 is 0 Å². The van der Waals surface area contributed by atoms with E-state index in [1.807, 2.05) is 63.2 Å². The highest BCUT2D eigenvalue weighted by atomic mass is 32.2. The lowest BCUT2D eigenvalue weighted by Crippen LogP contribution is -2.48. The van der Waals surface area contributed by atoms with Gasteiger partial charge in [-0.25, -0.2) is 0 Å². The SMILES string of the molecule is CCCCNC(=O)[C@@H](C)N(Cc1cccc(C)c1)C(=O)CSc1ccc(C)cc1. The summed E-state index contributed by atoms with van der Waals surface area (Å²) in [6, 6.07) is 15.7. The fraction of sp³-hybridized carbons (Fsp3) is 0.417. The Labute approximate surface area is 179 Å². The van der Waals surface area contributed by atoms with Gasteiger partial charge in [0.1, 0.15) is 6.04 Å². The van der Waals surface area contributed by atoms with Gasteiger partial charge in [0.2, 0.25) is 11.8 Å². The maximum atomic E-state index is 13.1. The fourth-order valence-corrected chi connectivity index (χ4v) is 3.77. The van der Waals surface area contributed by atoms with E-state index in [1.165, 1.54) is 17.3 Å². The Kier molecular flexibility index (Phi) is 9.26. The molecule has 0 bridgehead atoms. The van der Waals surface area contributed by atoms with Gasteiger partial charge in [-0.3, -0.25) is 9.59 Å². The Morgan fingerprint density at radius 2 is 1.79 bits per heavy atom. The summed E-state index contributed by atoms with van der Waals surface area (Å²) in [6.07, 6.45) is 1.96. The van der Waals surface area contributed by atoms with Crippen LogP contribution in [0.2, 0.25) is 0 Å². The van der Waals surface area contributed by atoms with Gasteiger partial charge in [-0.05, 0) is 44.9 Å². The molecule has 2 aromatic carbocycles. The van der Waals surface area contributed by atoms with Crippen molar-refractivity contribution in [3.8, 4) is 0 Å². The minimum absolute atomic E-state index is 0.0322. The number of hydrogen-bond acceptors (Lipinski definition) is 3. The van der Waals surface area contributed by atoms with Crippen molar-refractivity contribution in [1.82, 2.24) is 10.2 Å². The van der Waals surface area contributed by atoms with Gasteiger partial charge in [0.25, 0.3) is 0 Å². The molecule has 4 nitrogen and oxygen atoms in total. The van der Waals surface area contributed by atoms with Crippen LogP contribution in [0.4, 0.5) is 0 Å². The molecular weight excluding hydrogens is 380 g/mol. The van der Waals surface area contributed by atoms with Crippen LogP contribution in [0.3, 0.4) is 0 Å². The summed E-state index contributed by atoms with van der Waals surface area (Å²) in [7, 11) is 0. The summed E-state index contributed by atoms with van der Waals surface area (Å²) in [4.78, 5) is 28.4. The van der Waals surface area contributed by atoms with Crippen molar-refractivity contribution < 1.29 is 9.59 Å². The largest absolute Gasteiger partial charge is 0.354 e. The topological polar surface area (TPSA) is 49.4 Å². The Morgan fingerprint density at radius 1 is 1.07 bits per heavy atom. The summed E-state index contributed by atoms with van der Waals surface area (Å²) in [5.41, 5.74) is 3.37. The van der Waals surface area contributed by atoms with E-state index in [9.17, 15) is 9.59 Å². The Bertz CT molecular complexity index is 805. The second-order valence-electron chi connectivity index (χ2n) is 7.43. The molecule has 0 saturated carbocycles. The van der Waals surface area contributed by atoms with Gasteiger partial charge in [-0.15, -0.1) is 11.8 Å². The molecule has 0 aliphatic rings. The Morgan fingerprint density at radius 3 is 2.45 bits per heavy atom. The average molecular weight is 413 g/mol. The number of nitrogens with zero attached hydrogens (tertiary/aromatic N) is 1. The van der Waals surface area contributed by atoms with Crippen LogP contribution in [0.5, 0.6) is 0 Å². The summed E-state index contributed by atoms with van der Waals surface area (Å²) in [5.74, 6) is 0.177. The zero-order valence-corrected chi connectivity index (χ0v) is 18.7. The molecule has 0 fully saturated rings. The first-order chi connectivity index (χ1) is 13.9. The smallest absolute Gasteiger partial charge is 0.242 e. The Balaban J connectivity index is 2.10. The van der Waals surface area contributed by atoms with Crippen molar-refractivity contribution >= 4 is 23.6 Å². The first-order valence-corrected chi connectivity index (χ1v) is 11.2. The van der Waals surface area contributed by atoms with Gasteiger partial charge in [0, 0.05) is 18.0 Å². The molecule has 0 unspecified atom stereocenters. The van der Waals surface area contributed by atoms with Gasteiger partial charge in [0.05, 0.1) is 5.75 Å². The highest BCUT2D eigenvalue weighted by Gasteiger charge is 2.26. The third kappa shape index (κ3) is 7.58. The number of carbonyl (C=O) groups is 2. The zero-order valence-electron chi connectivity index (χ0n) is 17.9. The standard InChI is InChI=1S/C24H32N2O2S/c1-5-6-14-25-24(28)20(4)26(16-21-9-7-8-19(3)15-21)23(27)17-29-22-12-10-18(2)11-13-22/h7-13,15,20H,5-6,14,16-17H2,1-4H3,(H,25,28)/t20-/m1/s1. The molecule has 0 aliphatic carbocycles. The van der Waals surface area contributed by atoms with E-state index in [4.69, 9.17) is 0 Å². The van der Waals surface area contributed by atoms with Crippen molar-refractivity contribution in [1.29, 1.82) is 0 Å². The maximum Gasteiger partial charge on any atom is 0.242 e. The lowest BCUT2D eigenvalue weighted by Gasteiger charge is -2.29. The number of unbranched alkanes of at least 4 members (excludes halogenated alkanes) is 1. The molecule has 29 heavy (non-hydrogen) atoms. The molecule has 2 rings (SSSR count). The lowest BCUT2D eigenvalue weighted by atomic mass is 10.1. The minimum Gasteiger partial charge on any atom is -0.354 e.